The van der Waals surface area contributed by atoms with Crippen molar-refractivity contribution in [1.82, 2.24) is 0 Å². The molecular formula is C24H32BClO5. The van der Waals surface area contributed by atoms with Gasteiger partial charge in [-0.3, -0.25) is 0 Å². The van der Waals surface area contributed by atoms with Crippen molar-refractivity contribution in [3.63, 3.8) is 0 Å². The summed E-state index contributed by atoms with van der Waals surface area (Å²) in [6, 6.07) is 9.84. The summed E-state index contributed by atoms with van der Waals surface area (Å²) in [4.78, 5) is 0. The van der Waals surface area contributed by atoms with Gasteiger partial charge in [0, 0.05) is 19.8 Å². The minimum absolute atomic E-state index is 0.383. The van der Waals surface area contributed by atoms with E-state index in [1.54, 1.807) is 14.2 Å². The molecule has 2 aromatic carbocycles. The maximum absolute atomic E-state index is 6.49. The molecule has 1 fully saturated rings. The second-order valence-electron chi connectivity index (χ2n) is 8.95. The first-order valence-electron chi connectivity index (χ1n) is 10.4. The predicted molar refractivity (Wildman–Crippen MR) is 124 cm³/mol. The lowest BCUT2D eigenvalue weighted by molar-refractivity contribution is -0.106. The number of hydrogen-bond donors (Lipinski definition) is 0. The molecule has 0 saturated carbocycles. The lowest BCUT2D eigenvalue weighted by atomic mass is 9.75. The molecule has 7 heteroatoms. The zero-order chi connectivity index (χ0) is 23.0. The molecule has 1 heterocycles. The molecule has 0 unspecified atom stereocenters. The molecule has 0 radical (unpaired) electrons. The highest BCUT2D eigenvalue weighted by atomic mass is 35.5. The summed E-state index contributed by atoms with van der Waals surface area (Å²) in [7, 11) is 2.79. The van der Waals surface area contributed by atoms with E-state index in [9.17, 15) is 0 Å². The fourth-order valence-electron chi connectivity index (χ4n) is 3.63. The fourth-order valence-corrected chi connectivity index (χ4v) is 3.85. The average Bonchev–Trinajstić information content (AvgIpc) is 2.92. The third-order valence-electron chi connectivity index (χ3n) is 6.38. The number of methoxy groups -OCH3 is 2. The standard InChI is InChI=1S/C24H32BClO5/c1-15-12-21(20(26)13-18(15)22(27-7)28-8)29-14-17-10-9-11-19(16(17)2)25-30-23(3,4)24(5,6)31-25/h9-13,22H,14H2,1-8H3. The summed E-state index contributed by atoms with van der Waals surface area (Å²) >= 11 is 6.49. The van der Waals surface area contributed by atoms with Crippen LogP contribution in [0.3, 0.4) is 0 Å². The molecule has 1 aliphatic rings. The topological polar surface area (TPSA) is 46.2 Å². The monoisotopic (exact) mass is 446 g/mol. The van der Waals surface area contributed by atoms with Crippen LogP contribution in [0.4, 0.5) is 0 Å². The Hall–Kier alpha value is -1.57. The van der Waals surface area contributed by atoms with Gasteiger partial charge in [0.05, 0.1) is 16.2 Å². The molecule has 1 aliphatic heterocycles. The molecule has 0 aliphatic carbocycles. The smallest absolute Gasteiger partial charge is 0.487 e. The van der Waals surface area contributed by atoms with Crippen molar-refractivity contribution in [3.05, 3.63) is 57.6 Å². The first kappa shape index (κ1) is 24.1. The minimum Gasteiger partial charge on any atom is -0.487 e. The highest BCUT2D eigenvalue weighted by molar-refractivity contribution is 6.62. The Morgan fingerprint density at radius 2 is 1.61 bits per heavy atom. The summed E-state index contributed by atoms with van der Waals surface area (Å²) < 4.78 is 29.3. The Morgan fingerprint density at radius 3 is 2.19 bits per heavy atom. The van der Waals surface area contributed by atoms with Crippen LogP contribution in [0.25, 0.3) is 0 Å². The average molecular weight is 447 g/mol. The van der Waals surface area contributed by atoms with Crippen molar-refractivity contribution in [3.8, 4) is 5.75 Å². The first-order valence-corrected chi connectivity index (χ1v) is 10.8. The number of ether oxygens (including phenoxy) is 3. The van der Waals surface area contributed by atoms with Gasteiger partial charge in [-0.25, -0.2) is 0 Å². The van der Waals surface area contributed by atoms with Crippen LogP contribution in [0, 0.1) is 13.8 Å². The van der Waals surface area contributed by atoms with E-state index in [1.807, 2.05) is 37.3 Å². The second kappa shape index (κ2) is 9.12. The minimum atomic E-state index is -0.467. The molecule has 1 saturated heterocycles. The molecule has 168 valence electrons. The predicted octanol–water partition coefficient (Wildman–Crippen LogP) is 5.13. The van der Waals surface area contributed by atoms with Crippen LogP contribution in [-0.4, -0.2) is 32.5 Å². The second-order valence-corrected chi connectivity index (χ2v) is 9.36. The van der Waals surface area contributed by atoms with E-state index in [2.05, 4.69) is 34.6 Å². The van der Waals surface area contributed by atoms with Crippen LogP contribution < -0.4 is 10.2 Å². The molecule has 3 rings (SSSR count). The van der Waals surface area contributed by atoms with Gasteiger partial charge in [-0.1, -0.05) is 29.8 Å². The largest absolute Gasteiger partial charge is 0.495 e. The molecule has 0 spiro atoms. The lowest BCUT2D eigenvalue weighted by Crippen LogP contribution is -2.41. The maximum Gasteiger partial charge on any atom is 0.495 e. The van der Waals surface area contributed by atoms with E-state index >= 15 is 0 Å². The molecule has 31 heavy (non-hydrogen) atoms. The lowest BCUT2D eigenvalue weighted by Gasteiger charge is -2.32. The molecular weight excluding hydrogens is 415 g/mol. The zero-order valence-electron chi connectivity index (χ0n) is 19.7. The van der Waals surface area contributed by atoms with Gasteiger partial charge in [-0.05, 0) is 75.8 Å². The van der Waals surface area contributed by atoms with Crippen molar-refractivity contribution < 1.29 is 23.5 Å². The van der Waals surface area contributed by atoms with Gasteiger partial charge < -0.3 is 23.5 Å². The van der Waals surface area contributed by atoms with Crippen LogP contribution >= 0.6 is 11.6 Å². The number of halogens is 1. The van der Waals surface area contributed by atoms with Gasteiger partial charge in [0.1, 0.15) is 12.4 Å². The van der Waals surface area contributed by atoms with Crippen LogP contribution in [0.5, 0.6) is 5.75 Å². The van der Waals surface area contributed by atoms with Crippen molar-refractivity contribution in [1.29, 1.82) is 0 Å². The van der Waals surface area contributed by atoms with Crippen LogP contribution in [0.15, 0.2) is 30.3 Å². The SMILES string of the molecule is COC(OC)c1cc(Cl)c(OCc2cccc(B3OC(C)(C)C(C)(C)O3)c2C)cc1C. The molecule has 0 bridgehead atoms. The molecule has 0 aromatic heterocycles. The first-order chi connectivity index (χ1) is 14.5. The van der Waals surface area contributed by atoms with Gasteiger partial charge in [-0.15, -0.1) is 0 Å². The van der Waals surface area contributed by atoms with E-state index in [0.717, 1.165) is 27.7 Å². The molecule has 2 aromatic rings. The molecule has 0 N–H and O–H groups in total. The number of rotatable bonds is 7. The Balaban J connectivity index is 1.79. The van der Waals surface area contributed by atoms with Crippen molar-refractivity contribution in [2.45, 2.75) is 65.6 Å². The summed E-state index contributed by atoms with van der Waals surface area (Å²) in [5.41, 5.74) is 4.25. The van der Waals surface area contributed by atoms with E-state index < -0.39 is 13.4 Å². The summed E-state index contributed by atoms with van der Waals surface area (Å²) in [6.45, 7) is 12.7. The summed E-state index contributed by atoms with van der Waals surface area (Å²) in [5, 5.41) is 0.513. The van der Waals surface area contributed by atoms with E-state index in [0.29, 0.717) is 17.4 Å². The van der Waals surface area contributed by atoms with Gasteiger partial charge in [0.25, 0.3) is 0 Å². The van der Waals surface area contributed by atoms with Crippen molar-refractivity contribution in [2.75, 3.05) is 14.2 Å². The van der Waals surface area contributed by atoms with Gasteiger partial charge in [-0.2, -0.15) is 0 Å². The number of aryl methyl sites for hydroxylation is 1. The van der Waals surface area contributed by atoms with Gasteiger partial charge >= 0.3 is 7.12 Å². The van der Waals surface area contributed by atoms with E-state index in [1.165, 1.54) is 0 Å². The molecule has 5 nitrogen and oxygen atoms in total. The molecule has 0 amide bonds. The van der Waals surface area contributed by atoms with E-state index in [-0.39, 0.29) is 11.2 Å². The zero-order valence-corrected chi connectivity index (χ0v) is 20.4. The fraction of sp³-hybridized carbons (Fsp3) is 0.500. The highest BCUT2D eigenvalue weighted by Crippen LogP contribution is 2.37. The Bertz CT molecular complexity index is 924. The normalized spacial score (nSPS) is 17.4. The third-order valence-corrected chi connectivity index (χ3v) is 6.68. The summed E-state index contributed by atoms with van der Waals surface area (Å²) in [5.74, 6) is 0.620. The maximum atomic E-state index is 6.49. The Kier molecular flexibility index (Phi) is 7.09. The van der Waals surface area contributed by atoms with Crippen LogP contribution in [0.1, 0.15) is 56.2 Å². The van der Waals surface area contributed by atoms with Crippen LogP contribution in [-0.2, 0) is 25.4 Å². The van der Waals surface area contributed by atoms with Crippen molar-refractivity contribution in [2.24, 2.45) is 0 Å². The quantitative estimate of drug-likeness (QED) is 0.436. The van der Waals surface area contributed by atoms with Crippen molar-refractivity contribution >= 4 is 24.2 Å². The number of benzene rings is 2. The number of hydrogen-bond acceptors (Lipinski definition) is 5. The van der Waals surface area contributed by atoms with Gasteiger partial charge in [0.15, 0.2) is 6.29 Å². The molecule has 0 atom stereocenters. The third kappa shape index (κ3) is 4.79. The van der Waals surface area contributed by atoms with Gasteiger partial charge in [0.2, 0.25) is 0 Å². The Morgan fingerprint density at radius 1 is 1.00 bits per heavy atom. The van der Waals surface area contributed by atoms with Crippen LogP contribution in [0.2, 0.25) is 5.02 Å². The van der Waals surface area contributed by atoms with E-state index in [4.69, 9.17) is 35.1 Å². The highest BCUT2D eigenvalue weighted by Gasteiger charge is 2.52. The Labute approximate surface area is 191 Å². The summed E-state index contributed by atoms with van der Waals surface area (Å²) in [6.07, 6.45) is -0.467.